The molecule has 1 aromatic carbocycles. The Labute approximate surface area is 133 Å². The van der Waals surface area contributed by atoms with Crippen LogP contribution in [0.15, 0.2) is 64.3 Å². The molecule has 0 saturated carbocycles. The highest BCUT2D eigenvalue weighted by Crippen LogP contribution is 2.45. The molecule has 1 heterocycles. The van der Waals surface area contributed by atoms with Gasteiger partial charge in [0.1, 0.15) is 5.41 Å². The molecule has 0 saturated heterocycles. The lowest BCUT2D eigenvalue weighted by molar-refractivity contribution is -0.142. The minimum atomic E-state index is -1.15. The van der Waals surface area contributed by atoms with Crippen molar-refractivity contribution in [2.45, 2.75) is 12.8 Å². The van der Waals surface area contributed by atoms with Crippen LogP contribution in [0.25, 0.3) is 5.57 Å². The van der Waals surface area contributed by atoms with Crippen molar-refractivity contribution < 1.29 is 9.90 Å². The fourth-order valence-corrected chi connectivity index (χ4v) is 3.45. The highest BCUT2D eigenvalue weighted by Gasteiger charge is 2.44. The summed E-state index contributed by atoms with van der Waals surface area (Å²) in [6, 6.07) is 8.22. The molecule has 0 fully saturated rings. The number of carboxylic acids is 1. The Morgan fingerprint density at radius 2 is 2.13 bits per heavy atom. The molecule has 1 unspecified atom stereocenters. The van der Waals surface area contributed by atoms with E-state index in [4.69, 9.17) is 0 Å². The standard InChI is InChI=1S/C18H15N3O2/c22-17(23)18(16-6-3-9-19-21-20-16)8-7-15-13(11-18)10-12-4-1-2-5-14(12)15/h1-9,21H,10-11H2,(H,22,23). The van der Waals surface area contributed by atoms with Crippen molar-refractivity contribution in [3.05, 3.63) is 65.3 Å². The summed E-state index contributed by atoms with van der Waals surface area (Å²) in [5.41, 5.74) is 6.60. The highest BCUT2D eigenvalue weighted by atomic mass is 16.4. The molecule has 23 heavy (non-hydrogen) atoms. The van der Waals surface area contributed by atoms with E-state index in [2.05, 4.69) is 27.9 Å². The van der Waals surface area contributed by atoms with Crippen LogP contribution < -0.4 is 5.53 Å². The molecular weight excluding hydrogens is 290 g/mol. The van der Waals surface area contributed by atoms with Gasteiger partial charge in [-0.2, -0.15) is 15.7 Å². The first kappa shape index (κ1) is 13.7. The Morgan fingerprint density at radius 3 is 3.00 bits per heavy atom. The number of hydrazone groups is 2. The van der Waals surface area contributed by atoms with Crippen molar-refractivity contribution in [3.8, 4) is 0 Å². The van der Waals surface area contributed by atoms with E-state index in [1.165, 1.54) is 11.1 Å². The fraction of sp³-hybridized carbons (Fsp3) is 0.167. The molecular formula is C18H15N3O2. The molecule has 4 rings (SSSR count). The average molecular weight is 305 g/mol. The summed E-state index contributed by atoms with van der Waals surface area (Å²) in [6.45, 7) is 0. The van der Waals surface area contributed by atoms with E-state index in [9.17, 15) is 9.90 Å². The number of nitrogens with one attached hydrogen (secondary N) is 1. The number of nitrogens with zero attached hydrogens (tertiary/aromatic N) is 2. The Hall–Kier alpha value is -2.95. The summed E-state index contributed by atoms with van der Waals surface area (Å²) >= 11 is 0. The van der Waals surface area contributed by atoms with Gasteiger partial charge in [-0.1, -0.05) is 42.0 Å². The zero-order valence-corrected chi connectivity index (χ0v) is 12.4. The molecule has 2 aliphatic carbocycles. The van der Waals surface area contributed by atoms with E-state index in [1.54, 1.807) is 24.4 Å². The van der Waals surface area contributed by atoms with Gasteiger partial charge in [-0.15, -0.1) is 0 Å². The van der Waals surface area contributed by atoms with Gasteiger partial charge < -0.3 is 5.11 Å². The lowest BCUT2D eigenvalue weighted by Gasteiger charge is -2.29. The van der Waals surface area contributed by atoms with E-state index < -0.39 is 11.4 Å². The third-order valence-electron chi connectivity index (χ3n) is 4.60. The smallest absolute Gasteiger partial charge is 0.320 e. The number of hydrogen-bond donors (Lipinski definition) is 2. The molecule has 3 aliphatic rings. The molecule has 0 aromatic heterocycles. The van der Waals surface area contributed by atoms with Crippen LogP contribution in [-0.4, -0.2) is 23.0 Å². The van der Waals surface area contributed by atoms with Gasteiger partial charge in [0.05, 0.1) is 5.71 Å². The zero-order valence-electron chi connectivity index (χ0n) is 12.4. The van der Waals surface area contributed by atoms with Crippen LogP contribution >= 0.6 is 0 Å². The molecule has 114 valence electrons. The number of carboxylic acid groups (broad SMARTS) is 1. The zero-order chi connectivity index (χ0) is 15.9. The molecule has 1 aromatic rings. The predicted molar refractivity (Wildman–Crippen MR) is 89.1 cm³/mol. The SMILES string of the molecule is O=C(O)C1(C2=NNN=CC=C2)C=CC2=C(Cc3ccccc32)C1. The Kier molecular flexibility index (Phi) is 3.01. The number of rotatable bonds is 2. The number of hydrogen-bond acceptors (Lipinski definition) is 4. The van der Waals surface area contributed by atoms with Gasteiger partial charge >= 0.3 is 5.97 Å². The van der Waals surface area contributed by atoms with Crippen LogP contribution in [0.5, 0.6) is 0 Å². The molecule has 1 aliphatic heterocycles. The average Bonchev–Trinajstić information content (AvgIpc) is 2.72. The van der Waals surface area contributed by atoms with Gasteiger partial charge in [0.15, 0.2) is 0 Å². The summed E-state index contributed by atoms with van der Waals surface area (Å²) in [7, 11) is 0. The van der Waals surface area contributed by atoms with Crippen LogP contribution in [-0.2, 0) is 11.2 Å². The van der Waals surface area contributed by atoms with E-state index in [0.717, 1.165) is 17.6 Å². The second-order valence-corrected chi connectivity index (χ2v) is 5.87. The van der Waals surface area contributed by atoms with Crippen molar-refractivity contribution in [2.24, 2.45) is 15.6 Å². The number of benzene rings is 1. The maximum Gasteiger partial charge on any atom is 0.320 e. The van der Waals surface area contributed by atoms with Crippen LogP contribution in [0.1, 0.15) is 17.5 Å². The van der Waals surface area contributed by atoms with Gasteiger partial charge in [0.25, 0.3) is 0 Å². The van der Waals surface area contributed by atoms with E-state index in [-0.39, 0.29) is 0 Å². The van der Waals surface area contributed by atoms with Gasteiger partial charge in [0.2, 0.25) is 0 Å². The van der Waals surface area contributed by atoms with E-state index >= 15 is 0 Å². The molecule has 2 N–H and O–H groups in total. The summed E-state index contributed by atoms with van der Waals surface area (Å²) in [4.78, 5) is 12.1. The number of carbonyl (C=O) groups is 1. The van der Waals surface area contributed by atoms with Gasteiger partial charge in [-0.3, -0.25) is 4.79 Å². The summed E-state index contributed by atoms with van der Waals surface area (Å²) in [5, 5.41) is 17.9. The van der Waals surface area contributed by atoms with E-state index in [0.29, 0.717) is 12.1 Å². The summed E-state index contributed by atoms with van der Waals surface area (Å²) < 4.78 is 0. The second-order valence-electron chi connectivity index (χ2n) is 5.87. The first-order valence-corrected chi connectivity index (χ1v) is 7.46. The van der Waals surface area contributed by atoms with Crippen LogP contribution in [0.4, 0.5) is 0 Å². The first-order chi connectivity index (χ1) is 11.2. The van der Waals surface area contributed by atoms with Crippen LogP contribution in [0.3, 0.4) is 0 Å². The van der Waals surface area contributed by atoms with Crippen LogP contribution in [0.2, 0.25) is 0 Å². The quantitative estimate of drug-likeness (QED) is 0.881. The predicted octanol–water partition coefficient (Wildman–Crippen LogP) is 2.53. The molecule has 5 nitrogen and oxygen atoms in total. The summed E-state index contributed by atoms with van der Waals surface area (Å²) in [5.74, 6) is -0.900. The topological polar surface area (TPSA) is 74.0 Å². The fourth-order valence-electron chi connectivity index (χ4n) is 3.45. The van der Waals surface area contributed by atoms with E-state index in [1.807, 2.05) is 18.2 Å². The van der Waals surface area contributed by atoms with Crippen LogP contribution in [0, 0.1) is 5.41 Å². The second kappa shape index (κ2) is 5.05. The van der Waals surface area contributed by atoms with Crippen molar-refractivity contribution in [3.63, 3.8) is 0 Å². The third-order valence-corrected chi connectivity index (χ3v) is 4.60. The largest absolute Gasteiger partial charge is 0.480 e. The van der Waals surface area contributed by atoms with Crippen molar-refractivity contribution in [2.75, 3.05) is 0 Å². The van der Waals surface area contributed by atoms with Gasteiger partial charge in [0, 0.05) is 6.21 Å². The molecule has 5 heteroatoms. The van der Waals surface area contributed by atoms with Gasteiger partial charge in [-0.05, 0) is 41.7 Å². The Morgan fingerprint density at radius 1 is 1.26 bits per heavy atom. The maximum absolute atomic E-state index is 12.1. The molecule has 0 spiro atoms. The monoisotopic (exact) mass is 305 g/mol. The minimum absolute atomic E-state index is 0.424. The first-order valence-electron chi connectivity index (χ1n) is 7.46. The van der Waals surface area contributed by atoms with Crippen molar-refractivity contribution >= 4 is 23.5 Å². The number of aliphatic carboxylic acids is 1. The number of allylic oxidation sites excluding steroid dienone is 5. The lowest BCUT2D eigenvalue weighted by atomic mass is 9.72. The van der Waals surface area contributed by atoms with Gasteiger partial charge in [-0.25, -0.2) is 0 Å². The number of fused-ring (bicyclic) bond motifs is 2. The minimum Gasteiger partial charge on any atom is -0.480 e. The molecule has 0 bridgehead atoms. The third kappa shape index (κ3) is 2.04. The Balaban J connectivity index is 1.76. The lowest BCUT2D eigenvalue weighted by Crippen LogP contribution is -2.39. The van der Waals surface area contributed by atoms with Crippen molar-refractivity contribution in [1.29, 1.82) is 0 Å². The highest BCUT2D eigenvalue weighted by molar-refractivity contribution is 6.15. The van der Waals surface area contributed by atoms with Crippen molar-refractivity contribution in [1.82, 2.24) is 5.53 Å². The normalized spacial score (nSPS) is 24.6. The summed E-state index contributed by atoms with van der Waals surface area (Å²) in [6.07, 6.45) is 9.86. The Bertz CT molecular complexity index is 846. The molecule has 0 amide bonds. The maximum atomic E-state index is 12.1. The molecule has 0 radical (unpaired) electrons. The molecule has 1 atom stereocenters.